The van der Waals surface area contributed by atoms with Crippen molar-refractivity contribution in [2.24, 2.45) is 0 Å². The van der Waals surface area contributed by atoms with Crippen LogP contribution in [0.25, 0.3) is 22.3 Å². The summed E-state index contributed by atoms with van der Waals surface area (Å²) in [6.07, 6.45) is 3.81. The molecule has 126 valence electrons. The molecular formula is C19H23ClN4. The number of hydrogen-bond acceptors (Lipinski definition) is 3. The molecule has 0 aliphatic carbocycles. The SMILES string of the molecule is Cc1nc(N2CCCCC2)c2[nH]c(-c3ccccc3)c(C)c2n1.Cl. The minimum atomic E-state index is 0. The normalized spacial score (nSPS) is 14.7. The summed E-state index contributed by atoms with van der Waals surface area (Å²) in [6.45, 7) is 6.31. The van der Waals surface area contributed by atoms with Crippen molar-refractivity contribution in [1.29, 1.82) is 0 Å². The average molecular weight is 343 g/mol. The molecule has 0 atom stereocenters. The molecular weight excluding hydrogens is 320 g/mol. The van der Waals surface area contributed by atoms with Crippen LogP contribution in [0.4, 0.5) is 5.82 Å². The Labute approximate surface area is 148 Å². The number of H-pyrrole nitrogens is 1. The molecule has 24 heavy (non-hydrogen) atoms. The summed E-state index contributed by atoms with van der Waals surface area (Å²) in [5, 5.41) is 0. The van der Waals surface area contributed by atoms with Crippen molar-refractivity contribution in [3.05, 3.63) is 41.7 Å². The van der Waals surface area contributed by atoms with Gasteiger partial charge in [0.1, 0.15) is 11.3 Å². The largest absolute Gasteiger partial charge is 0.355 e. The minimum absolute atomic E-state index is 0. The molecule has 0 amide bonds. The van der Waals surface area contributed by atoms with Crippen LogP contribution >= 0.6 is 12.4 Å². The number of aromatic nitrogens is 3. The van der Waals surface area contributed by atoms with Crippen molar-refractivity contribution < 1.29 is 0 Å². The van der Waals surface area contributed by atoms with Crippen LogP contribution in [0.2, 0.25) is 0 Å². The first-order chi connectivity index (χ1) is 11.2. The highest BCUT2D eigenvalue weighted by Crippen LogP contribution is 2.33. The molecule has 1 N–H and O–H groups in total. The highest BCUT2D eigenvalue weighted by molar-refractivity contribution is 5.94. The van der Waals surface area contributed by atoms with E-state index in [1.54, 1.807) is 0 Å². The number of benzene rings is 1. The number of halogens is 1. The summed E-state index contributed by atoms with van der Waals surface area (Å²) >= 11 is 0. The van der Waals surface area contributed by atoms with Crippen LogP contribution in [-0.2, 0) is 0 Å². The van der Waals surface area contributed by atoms with Gasteiger partial charge in [0, 0.05) is 18.7 Å². The fraction of sp³-hybridized carbons (Fsp3) is 0.368. The van der Waals surface area contributed by atoms with Gasteiger partial charge in [0.05, 0.1) is 11.2 Å². The number of piperidine rings is 1. The summed E-state index contributed by atoms with van der Waals surface area (Å²) in [5.41, 5.74) is 5.68. The quantitative estimate of drug-likeness (QED) is 0.737. The Bertz CT molecular complexity index is 835. The number of fused-ring (bicyclic) bond motifs is 1. The molecule has 1 aliphatic heterocycles. The third-order valence-corrected chi connectivity index (χ3v) is 4.70. The maximum atomic E-state index is 4.76. The van der Waals surface area contributed by atoms with Crippen molar-refractivity contribution in [3.8, 4) is 11.3 Å². The van der Waals surface area contributed by atoms with Crippen LogP contribution in [0.15, 0.2) is 30.3 Å². The monoisotopic (exact) mass is 342 g/mol. The zero-order chi connectivity index (χ0) is 15.8. The van der Waals surface area contributed by atoms with Crippen LogP contribution in [0.1, 0.15) is 30.7 Å². The Hall–Kier alpha value is -2.07. The molecule has 0 bridgehead atoms. The van der Waals surface area contributed by atoms with E-state index in [0.717, 1.165) is 41.5 Å². The van der Waals surface area contributed by atoms with Crippen molar-refractivity contribution in [2.45, 2.75) is 33.1 Å². The van der Waals surface area contributed by atoms with Gasteiger partial charge >= 0.3 is 0 Å². The van der Waals surface area contributed by atoms with Gasteiger partial charge in [-0.15, -0.1) is 12.4 Å². The van der Waals surface area contributed by atoms with Crippen molar-refractivity contribution in [3.63, 3.8) is 0 Å². The van der Waals surface area contributed by atoms with Crippen molar-refractivity contribution >= 4 is 29.3 Å². The van der Waals surface area contributed by atoms with Gasteiger partial charge in [-0.05, 0) is 38.7 Å². The fourth-order valence-corrected chi connectivity index (χ4v) is 3.51. The zero-order valence-electron chi connectivity index (χ0n) is 14.2. The topological polar surface area (TPSA) is 44.8 Å². The second-order valence-corrected chi connectivity index (χ2v) is 6.36. The lowest BCUT2D eigenvalue weighted by molar-refractivity contribution is 0.574. The number of rotatable bonds is 2. The summed E-state index contributed by atoms with van der Waals surface area (Å²) in [5.74, 6) is 1.91. The summed E-state index contributed by atoms with van der Waals surface area (Å²) in [7, 11) is 0. The predicted octanol–water partition coefficient (Wildman–Crippen LogP) is 4.65. The Balaban J connectivity index is 0.00000169. The lowest BCUT2D eigenvalue weighted by Crippen LogP contribution is -2.30. The number of aryl methyl sites for hydroxylation is 2. The van der Waals surface area contributed by atoms with Crippen molar-refractivity contribution in [1.82, 2.24) is 15.0 Å². The van der Waals surface area contributed by atoms with E-state index in [0.29, 0.717) is 0 Å². The predicted molar refractivity (Wildman–Crippen MR) is 102 cm³/mol. The van der Waals surface area contributed by atoms with Crippen LogP contribution in [-0.4, -0.2) is 28.0 Å². The second-order valence-electron chi connectivity index (χ2n) is 6.36. The maximum Gasteiger partial charge on any atom is 0.156 e. The average Bonchev–Trinajstić information content (AvgIpc) is 2.93. The van der Waals surface area contributed by atoms with Crippen LogP contribution in [0, 0.1) is 13.8 Å². The van der Waals surface area contributed by atoms with Gasteiger partial charge in [-0.3, -0.25) is 0 Å². The number of anilines is 1. The molecule has 3 heterocycles. The third kappa shape index (κ3) is 2.86. The number of aromatic amines is 1. The van der Waals surface area contributed by atoms with Gasteiger partial charge in [-0.25, -0.2) is 9.97 Å². The molecule has 2 aromatic heterocycles. The van der Waals surface area contributed by atoms with E-state index >= 15 is 0 Å². The van der Waals surface area contributed by atoms with E-state index < -0.39 is 0 Å². The summed E-state index contributed by atoms with van der Waals surface area (Å²) < 4.78 is 0. The molecule has 4 nitrogen and oxygen atoms in total. The van der Waals surface area contributed by atoms with Gasteiger partial charge in [0.2, 0.25) is 0 Å². The van der Waals surface area contributed by atoms with Crippen molar-refractivity contribution in [2.75, 3.05) is 18.0 Å². The first-order valence-electron chi connectivity index (χ1n) is 8.41. The van der Waals surface area contributed by atoms with E-state index in [2.05, 4.69) is 41.1 Å². The first-order valence-corrected chi connectivity index (χ1v) is 8.41. The van der Waals surface area contributed by atoms with Gasteiger partial charge in [0.15, 0.2) is 5.82 Å². The Morgan fingerprint density at radius 1 is 0.958 bits per heavy atom. The Morgan fingerprint density at radius 3 is 2.38 bits per heavy atom. The molecule has 1 aliphatic rings. The number of nitrogens with zero attached hydrogens (tertiary/aromatic N) is 3. The fourth-order valence-electron chi connectivity index (χ4n) is 3.51. The molecule has 3 aromatic rings. The maximum absolute atomic E-state index is 4.76. The third-order valence-electron chi connectivity index (χ3n) is 4.70. The molecule has 4 rings (SSSR count). The highest BCUT2D eigenvalue weighted by Gasteiger charge is 2.20. The van der Waals surface area contributed by atoms with Gasteiger partial charge in [-0.1, -0.05) is 30.3 Å². The van der Waals surface area contributed by atoms with Gasteiger partial charge < -0.3 is 9.88 Å². The number of hydrogen-bond donors (Lipinski definition) is 1. The van der Waals surface area contributed by atoms with E-state index in [9.17, 15) is 0 Å². The standard InChI is InChI=1S/C19H22N4.ClH/c1-13-16(15-9-5-3-6-10-15)22-18-17(13)20-14(2)21-19(18)23-11-7-4-8-12-23;/h3,5-6,9-10,22H,4,7-8,11-12H2,1-2H3;1H. The van der Waals surface area contributed by atoms with Gasteiger partial charge in [-0.2, -0.15) is 0 Å². The molecule has 0 radical (unpaired) electrons. The molecule has 1 fully saturated rings. The smallest absolute Gasteiger partial charge is 0.156 e. The van der Waals surface area contributed by atoms with Gasteiger partial charge in [0.25, 0.3) is 0 Å². The summed E-state index contributed by atoms with van der Waals surface area (Å²) in [6, 6.07) is 10.5. The van der Waals surface area contributed by atoms with Crippen LogP contribution in [0.3, 0.4) is 0 Å². The molecule has 0 unspecified atom stereocenters. The molecule has 1 aromatic carbocycles. The first kappa shape index (κ1) is 16.8. The van der Waals surface area contributed by atoms with E-state index in [1.165, 1.54) is 30.4 Å². The lowest BCUT2D eigenvalue weighted by atomic mass is 10.1. The zero-order valence-corrected chi connectivity index (χ0v) is 15.0. The Morgan fingerprint density at radius 2 is 1.67 bits per heavy atom. The molecule has 0 saturated carbocycles. The second kappa shape index (κ2) is 6.81. The van der Waals surface area contributed by atoms with Crippen LogP contribution < -0.4 is 4.90 Å². The number of nitrogens with one attached hydrogen (secondary N) is 1. The van der Waals surface area contributed by atoms with E-state index in [-0.39, 0.29) is 12.4 Å². The Kier molecular flexibility index (Phi) is 4.76. The summed E-state index contributed by atoms with van der Waals surface area (Å²) in [4.78, 5) is 15.5. The van der Waals surface area contributed by atoms with Crippen LogP contribution in [0.5, 0.6) is 0 Å². The van der Waals surface area contributed by atoms with E-state index in [1.807, 2.05) is 13.0 Å². The van der Waals surface area contributed by atoms with E-state index in [4.69, 9.17) is 9.97 Å². The molecule has 1 saturated heterocycles. The molecule has 5 heteroatoms. The lowest BCUT2D eigenvalue weighted by Gasteiger charge is -2.28. The highest BCUT2D eigenvalue weighted by atomic mass is 35.5. The molecule has 0 spiro atoms. The minimum Gasteiger partial charge on any atom is -0.355 e.